The molecule has 0 amide bonds. The smallest absolute Gasteiger partial charge is 0.169 e. The molecule has 0 saturated heterocycles. The van der Waals surface area contributed by atoms with E-state index < -0.39 is 17.3 Å². The van der Waals surface area contributed by atoms with Crippen molar-refractivity contribution in [1.82, 2.24) is 0 Å². The van der Waals surface area contributed by atoms with E-state index in [-0.39, 0.29) is 11.6 Å². The van der Waals surface area contributed by atoms with Crippen molar-refractivity contribution in [2.24, 2.45) is 28.7 Å². The molecule has 0 bridgehead atoms. The zero-order valence-corrected chi connectivity index (χ0v) is 10.7. The number of Topliss-reactive ketones (excluding diaryl/α,β-unsaturated/α-hetero) is 2. The van der Waals surface area contributed by atoms with Gasteiger partial charge < -0.3 is 11.5 Å². The highest BCUT2D eigenvalue weighted by atomic mass is 16.1. The van der Waals surface area contributed by atoms with Gasteiger partial charge in [0, 0.05) is 17.0 Å². The van der Waals surface area contributed by atoms with E-state index in [1.165, 1.54) is 0 Å². The standard InChI is InChI=1S/C15H16N2O2/c1-15-7-3-2-4-8(15)13(18)11-9(16)5-6-10(17)12(11)14(15)19/h2-6,11-12H,7,16-17H2,1H3. The summed E-state index contributed by atoms with van der Waals surface area (Å²) in [5.41, 5.74) is 12.5. The Morgan fingerprint density at radius 3 is 2.42 bits per heavy atom. The van der Waals surface area contributed by atoms with Gasteiger partial charge in [0.25, 0.3) is 0 Å². The van der Waals surface area contributed by atoms with Crippen LogP contribution in [0, 0.1) is 17.3 Å². The number of rotatable bonds is 0. The van der Waals surface area contributed by atoms with Gasteiger partial charge >= 0.3 is 0 Å². The first-order chi connectivity index (χ1) is 8.97. The molecule has 4 nitrogen and oxygen atoms in total. The number of allylic oxidation sites excluding steroid dienone is 8. The van der Waals surface area contributed by atoms with Crippen LogP contribution in [0.1, 0.15) is 13.3 Å². The fourth-order valence-electron chi connectivity index (χ4n) is 3.25. The molecule has 98 valence electrons. The van der Waals surface area contributed by atoms with Gasteiger partial charge in [-0.1, -0.05) is 18.2 Å². The van der Waals surface area contributed by atoms with E-state index >= 15 is 0 Å². The minimum absolute atomic E-state index is 0.00231. The molecule has 3 atom stereocenters. The van der Waals surface area contributed by atoms with E-state index in [0.717, 1.165) is 0 Å². The number of hydrogen-bond donors (Lipinski definition) is 2. The lowest BCUT2D eigenvalue weighted by Gasteiger charge is -2.44. The number of carbonyl (C=O) groups is 2. The molecular weight excluding hydrogens is 240 g/mol. The van der Waals surface area contributed by atoms with Crippen LogP contribution in [0.25, 0.3) is 0 Å². The number of nitrogens with two attached hydrogens (primary N) is 2. The summed E-state index contributed by atoms with van der Waals surface area (Å²) in [6, 6.07) is 0. The zero-order valence-electron chi connectivity index (χ0n) is 10.7. The maximum Gasteiger partial charge on any atom is 0.169 e. The largest absolute Gasteiger partial charge is 0.401 e. The number of hydrogen-bond acceptors (Lipinski definition) is 4. The van der Waals surface area contributed by atoms with E-state index in [1.54, 1.807) is 18.2 Å². The molecule has 4 N–H and O–H groups in total. The van der Waals surface area contributed by atoms with Gasteiger partial charge in [-0.25, -0.2) is 0 Å². The van der Waals surface area contributed by atoms with Crippen molar-refractivity contribution in [2.45, 2.75) is 13.3 Å². The zero-order chi connectivity index (χ0) is 13.8. The molecule has 0 aliphatic heterocycles. The maximum atomic E-state index is 12.8. The van der Waals surface area contributed by atoms with E-state index in [4.69, 9.17) is 11.5 Å². The van der Waals surface area contributed by atoms with Crippen molar-refractivity contribution >= 4 is 11.6 Å². The molecule has 0 heterocycles. The highest BCUT2D eigenvalue weighted by molar-refractivity contribution is 6.14. The molecule has 0 aromatic heterocycles. The average Bonchev–Trinajstić information content (AvgIpc) is 2.39. The van der Waals surface area contributed by atoms with Crippen molar-refractivity contribution in [2.75, 3.05) is 0 Å². The summed E-state index contributed by atoms with van der Waals surface area (Å²) in [6.45, 7) is 1.82. The van der Waals surface area contributed by atoms with E-state index in [1.807, 2.05) is 19.1 Å². The third-order valence-corrected chi connectivity index (χ3v) is 4.41. The van der Waals surface area contributed by atoms with E-state index in [2.05, 4.69) is 0 Å². The fourth-order valence-corrected chi connectivity index (χ4v) is 3.25. The Balaban J connectivity index is 2.19. The first kappa shape index (κ1) is 12.0. The molecule has 0 aromatic carbocycles. The van der Waals surface area contributed by atoms with Crippen LogP contribution in [0.5, 0.6) is 0 Å². The Morgan fingerprint density at radius 2 is 1.74 bits per heavy atom. The van der Waals surface area contributed by atoms with Crippen molar-refractivity contribution in [3.05, 3.63) is 47.3 Å². The SMILES string of the molecule is CC12CC=CC=C1C(=O)C1C(N)=CC=C(N)C1C2=O. The highest BCUT2D eigenvalue weighted by Gasteiger charge is 2.55. The van der Waals surface area contributed by atoms with Gasteiger partial charge in [-0.2, -0.15) is 0 Å². The molecule has 0 radical (unpaired) electrons. The Kier molecular flexibility index (Phi) is 2.33. The Hall–Kier alpha value is -2.10. The number of ketones is 2. The van der Waals surface area contributed by atoms with Crippen LogP contribution in [0.15, 0.2) is 47.3 Å². The lowest BCUT2D eigenvalue weighted by molar-refractivity contribution is -0.139. The molecule has 0 aromatic rings. The van der Waals surface area contributed by atoms with Crippen LogP contribution in [-0.2, 0) is 9.59 Å². The summed E-state index contributed by atoms with van der Waals surface area (Å²) in [6.07, 6.45) is 9.29. The van der Waals surface area contributed by atoms with Gasteiger partial charge in [0.05, 0.1) is 17.3 Å². The van der Waals surface area contributed by atoms with Crippen LogP contribution in [-0.4, -0.2) is 11.6 Å². The summed E-state index contributed by atoms with van der Waals surface area (Å²) >= 11 is 0. The molecule has 3 unspecified atom stereocenters. The predicted octanol–water partition coefficient (Wildman–Crippen LogP) is 0.962. The number of fused-ring (bicyclic) bond motifs is 2. The lowest BCUT2D eigenvalue weighted by Crippen LogP contribution is -2.53. The minimum Gasteiger partial charge on any atom is -0.401 e. The second kappa shape index (κ2) is 3.70. The Bertz CT molecular complexity index is 610. The van der Waals surface area contributed by atoms with Gasteiger partial charge in [-0.15, -0.1) is 0 Å². The lowest BCUT2D eigenvalue weighted by atomic mass is 9.57. The quantitative estimate of drug-likeness (QED) is 0.676. The monoisotopic (exact) mass is 256 g/mol. The topological polar surface area (TPSA) is 86.2 Å². The molecule has 4 heteroatoms. The summed E-state index contributed by atoms with van der Waals surface area (Å²) in [4.78, 5) is 25.4. The molecule has 1 saturated carbocycles. The maximum absolute atomic E-state index is 12.8. The molecule has 1 fully saturated rings. The minimum atomic E-state index is -0.761. The number of carbonyl (C=O) groups excluding carboxylic acids is 2. The van der Waals surface area contributed by atoms with Gasteiger partial charge in [-0.05, 0) is 25.5 Å². The summed E-state index contributed by atoms with van der Waals surface area (Å²) in [7, 11) is 0. The van der Waals surface area contributed by atoms with Crippen molar-refractivity contribution in [3.8, 4) is 0 Å². The second-order valence-corrected chi connectivity index (χ2v) is 5.56. The first-order valence-electron chi connectivity index (χ1n) is 6.35. The Morgan fingerprint density at radius 1 is 1.11 bits per heavy atom. The van der Waals surface area contributed by atoms with Crippen molar-refractivity contribution in [1.29, 1.82) is 0 Å². The molecule has 3 rings (SSSR count). The third-order valence-electron chi connectivity index (χ3n) is 4.41. The van der Waals surface area contributed by atoms with Crippen LogP contribution in [0.3, 0.4) is 0 Å². The first-order valence-corrected chi connectivity index (χ1v) is 6.35. The van der Waals surface area contributed by atoms with Gasteiger partial charge in [0.1, 0.15) is 0 Å². The van der Waals surface area contributed by atoms with Gasteiger partial charge in [0.15, 0.2) is 11.6 Å². The molecule has 0 spiro atoms. The van der Waals surface area contributed by atoms with Gasteiger partial charge in [-0.3, -0.25) is 9.59 Å². The predicted molar refractivity (Wildman–Crippen MR) is 71.5 cm³/mol. The third kappa shape index (κ3) is 1.40. The fraction of sp³-hybridized carbons (Fsp3) is 0.333. The summed E-state index contributed by atoms with van der Waals surface area (Å²) < 4.78 is 0. The van der Waals surface area contributed by atoms with Crippen molar-refractivity contribution < 1.29 is 9.59 Å². The van der Waals surface area contributed by atoms with Crippen LogP contribution >= 0.6 is 0 Å². The highest BCUT2D eigenvalue weighted by Crippen LogP contribution is 2.48. The second-order valence-electron chi connectivity index (χ2n) is 5.56. The molecule has 3 aliphatic rings. The molecule has 19 heavy (non-hydrogen) atoms. The summed E-state index contributed by atoms with van der Waals surface area (Å²) in [5.74, 6) is -1.30. The van der Waals surface area contributed by atoms with Crippen LogP contribution in [0.4, 0.5) is 0 Å². The summed E-state index contributed by atoms with van der Waals surface area (Å²) in [5, 5.41) is 0. The molecular formula is C15H16N2O2. The normalized spacial score (nSPS) is 37.0. The van der Waals surface area contributed by atoms with Crippen LogP contribution in [0.2, 0.25) is 0 Å². The van der Waals surface area contributed by atoms with E-state index in [0.29, 0.717) is 23.4 Å². The Labute approximate surface area is 111 Å². The van der Waals surface area contributed by atoms with Crippen LogP contribution < -0.4 is 11.5 Å². The van der Waals surface area contributed by atoms with E-state index in [9.17, 15) is 9.59 Å². The van der Waals surface area contributed by atoms with Crippen molar-refractivity contribution in [3.63, 3.8) is 0 Å². The van der Waals surface area contributed by atoms with Gasteiger partial charge in [0.2, 0.25) is 0 Å². The molecule has 3 aliphatic carbocycles. The average molecular weight is 256 g/mol.